The van der Waals surface area contributed by atoms with Crippen LogP contribution in [0.4, 0.5) is 0 Å². The fraction of sp³-hybridized carbons (Fsp3) is 0.529. The van der Waals surface area contributed by atoms with Gasteiger partial charge in [-0.05, 0) is 44.3 Å². The Labute approximate surface area is 167 Å². The minimum Gasteiger partial charge on any atom is -0.352 e. The fourth-order valence-electron chi connectivity index (χ4n) is 3.69. The smallest absolute Gasteiger partial charge is 0.277 e. The lowest BCUT2D eigenvalue weighted by atomic mass is 10.1. The van der Waals surface area contributed by atoms with E-state index in [-0.39, 0.29) is 30.3 Å². The molecule has 2 aliphatic heterocycles. The monoisotopic (exact) mass is 410 g/mol. The molecule has 4 rings (SSSR count). The summed E-state index contributed by atoms with van der Waals surface area (Å²) in [5.41, 5.74) is 1.12. The number of nitrogens with zero attached hydrogens (tertiary/aromatic N) is 4. The molecule has 1 unspecified atom stereocenters. The van der Waals surface area contributed by atoms with E-state index in [2.05, 4.69) is 20.9 Å². The van der Waals surface area contributed by atoms with Crippen LogP contribution in [0.3, 0.4) is 0 Å². The van der Waals surface area contributed by atoms with Gasteiger partial charge in [0.1, 0.15) is 6.04 Å². The number of thiophene rings is 1. The first-order valence-corrected chi connectivity index (χ1v) is 9.79. The van der Waals surface area contributed by atoms with Gasteiger partial charge in [0.05, 0.1) is 11.7 Å². The summed E-state index contributed by atoms with van der Waals surface area (Å²) >= 11 is 1.48. The van der Waals surface area contributed by atoms with Gasteiger partial charge in [-0.2, -0.15) is 0 Å². The number of piperazine rings is 1. The van der Waals surface area contributed by atoms with Crippen LogP contribution >= 0.6 is 23.7 Å². The third-order valence-electron chi connectivity index (χ3n) is 5.07. The maximum Gasteiger partial charge on any atom is 0.277 e. The second-order valence-electron chi connectivity index (χ2n) is 6.66. The molecule has 2 saturated heterocycles. The summed E-state index contributed by atoms with van der Waals surface area (Å²) in [4.78, 5) is 28.1. The Bertz CT molecular complexity index is 802. The molecule has 0 aliphatic carbocycles. The molecule has 0 aromatic carbocycles. The number of amides is 2. The molecule has 8 nitrogen and oxygen atoms in total. The van der Waals surface area contributed by atoms with Crippen molar-refractivity contribution in [3.05, 3.63) is 33.8 Å². The number of halogens is 1. The Morgan fingerprint density at radius 2 is 2.07 bits per heavy atom. The molecule has 0 saturated carbocycles. The van der Waals surface area contributed by atoms with E-state index in [9.17, 15) is 9.59 Å². The maximum atomic E-state index is 13.2. The highest BCUT2D eigenvalue weighted by Crippen LogP contribution is 2.29. The average molecular weight is 411 g/mol. The van der Waals surface area contributed by atoms with Crippen LogP contribution in [-0.4, -0.2) is 57.9 Å². The predicted octanol–water partition coefficient (Wildman–Crippen LogP) is 1.31. The first kappa shape index (κ1) is 19.8. The van der Waals surface area contributed by atoms with Gasteiger partial charge in [-0.1, -0.05) is 11.3 Å². The number of carbonyl (C=O) groups excluding carboxylic acids is 2. The molecular formula is C17H23ClN6O2S. The van der Waals surface area contributed by atoms with E-state index in [1.165, 1.54) is 11.3 Å². The van der Waals surface area contributed by atoms with Gasteiger partial charge in [-0.3, -0.25) is 9.59 Å². The predicted molar refractivity (Wildman–Crippen MR) is 104 cm³/mol. The highest BCUT2D eigenvalue weighted by atomic mass is 35.5. The number of rotatable bonds is 3. The SMILES string of the molecule is Cc1c(C(=O)N2CCNC(=O)C2c2cccs2)nnn1C1CCNCC1.Cl. The molecule has 2 aliphatic rings. The molecule has 2 aromatic rings. The first-order chi connectivity index (χ1) is 12.7. The van der Waals surface area contributed by atoms with Crippen molar-refractivity contribution < 1.29 is 9.59 Å². The summed E-state index contributed by atoms with van der Waals surface area (Å²) < 4.78 is 1.87. The molecule has 2 fully saturated rings. The van der Waals surface area contributed by atoms with Crippen LogP contribution in [0.2, 0.25) is 0 Å². The Balaban J connectivity index is 0.00000210. The second kappa shape index (κ2) is 8.37. The molecule has 1 atom stereocenters. The standard InChI is InChI=1S/C17H22N6O2S.ClH/c1-11-14(20-21-23(11)12-4-6-18-7-5-12)17(25)22-9-8-19-16(24)15(22)13-3-2-10-26-13;/h2-3,10,12,15,18H,4-9H2,1H3,(H,19,24);1H. The molecule has 4 heterocycles. The van der Waals surface area contributed by atoms with Crippen LogP contribution in [0.1, 0.15) is 46.0 Å². The van der Waals surface area contributed by atoms with Gasteiger partial charge in [0.15, 0.2) is 5.69 Å². The fourth-order valence-corrected chi connectivity index (χ4v) is 4.52. The molecule has 146 valence electrons. The van der Waals surface area contributed by atoms with Crippen LogP contribution in [0.15, 0.2) is 17.5 Å². The van der Waals surface area contributed by atoms with E-state index < -0.39 is 6.04 Å². The lowest BCUT2D eigenvalue weighted by Crippen LogP contribution is -2.52. The number of piperidine rings is 1. The van der Waals surface area contributed by atoms with Crippen molar-refractivity contribution in [2.24, 2.45) is 0 Å². The lowest BCUT2D eigenvalue weighted by Gasteiger charge is -2.34. The second-order valence-corrected chi connectivity index (χ2v) is 7.64. The third kappa shape index (κ3) is 3.71. The molecular weight excluding hydrogens is 388 g/mol. The van der Waals surface area contributed by atoms with E-state index in [0.29, 0.717) is 18.8 Å². The molecule has 0 radical (unpaired) electrons. The summed E-state index contributed by atoms with van der Waals surface area (Å²) in [7, 11) is 0. The first-order valence-electron chi connectivity index (χ1n) is 8.91. The van der Waals surface area contributed by atoms with Gasteiger partial charge >= 0.3 is 0 Å². The summed E-state index contributed by atoms with van der Waals surface area (Å²) in [6.07, 6.45) is 1.95. The largest absolute Gasteiger partial charge is 0.352 e. The topological polar surface area (TPSA) is 92.2 Å². The molecule has 2 amide bonds. The van der Waals surface area contributed by atoms with E-state index >= 15 is 0 Å². The summed E-state index contributed by atoms with van der Waals surface area (Å²) in [6.45, 7) is 4.69. The quantitative estimate of drug-likeness (QED) is 0.795. The molecule has 2 aromatic heterocycles. The van der Waals surface area contributed by atoms with Crippen LogP contribution in [0.25, 0.3) is 0 Å². The van der Waals surface area contributed by atoms with Crippen molar-refractivity contribution in [2.45, 2.75) is 31.8 Å². The Hall–Kier alpha value is -1.97. The van der Waals surface area contributed by atoms with Crippen molar-refractivity contribution in [1.82, 2.24) is 30.5 Å². The summed E-state index contributed by atoms with van der Waals surface area (Å²) in [5, 5.41) is 16.5. The number of hydrogen-bond donors (Lipinski definition) is 2. The van der Waals surface area contributed by atoms with Gasteiger partial charge in [0.2, 0.25) is 5.91 Å². The minimum atomic E-state index is -0.598. The zero-order valence-corrected chi connectivity index (χ0v) is 16.7. The van der Waals surface area contributed by atoms with E-state index in [1.54, 1.807) is 4.90 Å². The highest BCUT2D eigenvalue weighted by molar-refractivity contribution is 7.10. The Morgan fingerprint density at radius 3 is 2.78 bits per heavy atom. The third-order valence-corrected chi connectivity index (χ3v) is 5.99. The highest BCUT2D eigenvalue weighted by Gasteiger charge is 2.37. The lowest BCUT2D eigenvalue weighted by molar-refractivity contribution is -0.127. The molecule has 0 bridgehead atoms. The number of carbonyl (C=O) groups is 2. The molecule has 2 N–H and O–H groups in total. The van der Waals surface area contributed by atoms with Gasteiger partial charge in [0.25, 0.3) is 5.91 Å². The van der Waals surface area contributed by atoms with E-state index in [0.717, 1.165) is 36.5 Å². The van der Waals surface area contributed by atoms with Gasteiger partial charge in [0, 0.05) is 18.0 Å². The van der Waals surface area contributed by atoms with Crippen molar-refractivity contribution >= 4 is 35.6 Å². The molecule has 10 heteroatoms. The van der Waals surface area contributed by atoms with Gasteiger partial charge in [-0.25, -0.2) is 4.68 Å². The van der Waals surface area contributed by atoms with Gasteiger partial charge < -0.3 is 15.5 Å². The summed E-state index contributed by atoms with van der Waals surface area (Å²) in [5.74, 6) is -0.369. The number of hydrogen-bond acceptors (Lipinski definition) is 6. The van der Waals surface area contributed by atoms with Crippen LogP contribution in [0.5, 0.6) is 0 Å². The molecule has 0 spiro atoms. The van der Waals surface area contributed by atoms with Crippen molar-refractivity contribution in [3.63, 3.8) is 0 Å². The summed E-state index contributed by atoms with van der Waals surface area (Å²) in [6, 6.07) is 3.45. The van der Waals surface area contributed by atoms with E-state index in [1.807, 2.05) is 29.1 Å². The number of aromatic nitrogens is 3. The zero-order valence-electron chi connectivity index (χ0n) is 15.1. The Kier molecular flexibility index (Phi) is 6.13. The normalized spacial score (nSPS) is 20.9. The Morgan fingerprint density at radius 1 is 1.30 bits per heavy atom. The minimum absolute atomic E-state index is 0. The van der Waals surface area contributed by atoms with Gasteiger partial charge in [-0.15, -0.1) is 28.8 Å². The van der Waals surface area contributed by atoms with Crippen molar-refractivity contribution in [1.29, 1.82) is 0 Å². The zero-order chi connectivity index (χ0) is 18.1. The van der Waals surface area contributed by atoms with Crippen molar-refractivity contribution in [3.8, 4) is 0 Å². The molecule has 27 heavy (non-hydrogen) atoms. The number of nitrogens with one attached hydrogen (secondary N) is 2. The van der Waals surface area contributed by atoms with Crippen LogP contribution in [-0.2, 0) is 4.79 Å². The van der Waals surface area contributed by atoms with Crippen LogP contribution in [0, 0.1) is 6.92 Å². The average Bonchev–Trinajstić information content (AvgIpc) is 3.31. The van der Waals surface area contributed by atoms with Crippen molar-refractivity contribution in [2.75, 3.05) is 26.2 Å². The maximum absolute atomic E-state index is 13.2. The van der Waals surface area contributed by atoms with E-state index in [4.69, 9.17) is 0 Å². The van der Waals surface area contributed by atoms with Crippen LogP contribution < -0.4 is 10.6 Å².